The summed E-state index contributed by atoms with van der Waals surface area (Å²) in [5.74, 6) is -0.500. The van der Waals surface area contributed by atoms with E-state index in [1.54, 1.807) is 6.92 Å². The number of esters is 1. The summed E-state index contributed by atoms with van der Waals surface area (Å²) in [6.07, 6.45) is 2.99. The van der Waals surface area contributed by atoms with E-state index in [1.807, 2.05) is 24.3 Å². The standard InChI is InChI=1S/C23H29N3O5S2/c1-4-31-21(27)19-17-9-11-23(2,3)13-18(17)32-20(19)24-22(28)25-33(29,30)26-12-10-15-7-5-6-8-16(15)14-26/h5-8H,4,9-14H2,1-3H3,(H2,24,25,28). The molecule has 0 atom stereocenters. The minimum absolute atomic E-state index is 0.0945. The molecule has 4 rings (SSSR count). The third kappa shape index (κ3) is 5.07. The number of rotatable bonds is 5. The number of ether oxygens (including phenoxy) is 1. The molecule has 0 saturated heterocycles. The summed E-state index contributed by atoms with van der Waals surface area (Å²) in [5, 5.41) is 2.94. The van der Waals surface area contributed by atoms with Gasteiger partial charge in [-0.25, -0.2) is 14.3 Å². The van der Waals surface area contributed by atoms with Crippen molar-refractivity contribution in [3.8, 4) is 0 Å². The monoisotopic (exact) mass is 491 g/mol. The second kappa shape index (κ2) is 9.08. The molecule has 1 aromatic carbocycles. The van der Waals surface area contributed by atoms with Crippen LogP contribution in [0.25, 0.3) is 0 Å². The molecule has 1 aromatic heterocycles. The van der Waals surface area contributed by atoms with Gasteiger partial charge in [-0.3, -0.25) is 5.32 Å². The Labute approximate surface area is 198 Å². The molecule has 0 spiro atoms. The molecule has 2 heterocycles. The van der Waals surface area contributed by atoms with E-state index in [9.17, 15) is 18.0 Å². The van der Waals surface area contributed by atoms with Crippen LogP contribution in [0.4, 0.5) is 9.80 Å². The maximum absolute atomic E-state index is 12.9. The van der Waals surface area contributed by atoms with Gasteiger partial charge in [0, 0.05) is 18.0 Å². The van der Waals surface area contributed by atoms with Crippen molar-refractivity contribution in [2.45, 2.75) is 53.0 Å². The third-order valence-electron chi connectivity index (χ3n) is 6.15. The summed E-state index contributed by atoms with van der Waals surface area (Å²) in [5.41, 5.74) is 3.36. The third-order valence-corrected chi connectivity index (χ3v) is 8.73. The summed E-state index contributed by atoms with van der Waals surface area (Å²) >= 11 is 1.32. The van der Waals surface area contributed by atoms with Gasteiger partial charge in [0.05, 0.1) is 12.2 Å². The molecule has 33 heavy (non-hydrogen) atoms. The van der Waals surface area contributed by atoms with Gasteiger partial charge in [-0.05, 0) is 54.7 Å². The van der Waals surface area contributed by atoms with Gasteiger partial charge in [0.2, 0.25) is 0 Å². The van der Waals surface area contributed by atoms with E-state index in [2.05, 4.69) is 23.9 Å². The predicted molar refractivity (Wildman–Crippen MR) is 128 cm³/mol. The van der Waals surface area contributed by atoms with Crippen molar-refractivity contribution < 1.29 is 22.7 Å². The van der Waals surface area contributed by atoms with Crippen molar-refractivity contribution in [3.05, 3.63) is 51.4 Å². The Bertz CT molecular complexity index is 1190. The second-order valence-electron chi connectivity index (χ2n) is 9.18. The minimum Gasteiger partial charge on any atom is -0.462 e. The fraction of sp³-hybridized carbons (Fsp3) is 0.478. The zero-order chi connectivity index (χ0) is 23.8. The fourth-order valence-corrected chi connectivity index (χ4v) is 6.94. The first-order valence-electron chi connectivity index (χ1n) is 11.1. The number of nitrogens with zero attached hydrogens (tertiary/aromatic N) is 1. The van der Waals surface area contributed by atoms with E-state index in [4.69, 9.17) is 4.74 Å². The summed E-state index contributed by atoms with van der Waals surface area (Å²) in [6.45, 7) is 6.77. The van der Waals surface area contributed by atoms with Gasteiger partial charge in [-0.15, -0.1) is 11.3 Å². The molecule has 2 amide bonds. The van der Waals surface area contributed by atoms with Gasteiger partial charge in [-0.1, -0.05) is 38.1 Å². The van der Waals surface area contributed by atoms with Crippen molar-refractivity contribution in [3.63, 3.8) is 0 Å². The van der Waals surface area contributed by atoms with E-state index >= 15 is 0 Å². The smallest absolute Gasteiger partial charge is 0.341 e. The van der Waals surface area contributed by atoms with Crippen LogP contribution in [0.15, 0.2) is 24.3 Å². The molecule has 0 fully saturated rings. The number of thiophene rings is 1. The maximum atomic E-state index is 12.9. The first kappa shape index (κ1) is 23.7. The van der Waals surface area contributed by atoms with Gasteiger partial charge in [0.1, 0.15) is 5.00 Å². The van der Waals surface area contributed by atoms with Crippen molar-refractivity contribution in [1.82, 2.24) is 9.03 Å². The number of urea groups is 1. The Kier molecular flexibility index (Phi) is 6.52. The lowest BCUT2D eigenvalue weighted by Gasteiger charge is -2.29. The van der Waals surface area contributed by atoms with Gasteiger partial charge in [0.15, 0.2) is 0 Å². The molecular formula is C23H29N3O5S2. The Morgan fingerprint density at radius 3 is 2.64 bits per heavy atom. The van der Waals surface area contributed by atoms with Crippen LogP contribution in [0.3, 0.4) is 0 Å². The molecule has 8 nitrogen and oxygen atoms in total. The molecule has 0 radical (unpaired) electrons. The van der Waals surface area contributed by atoms with Crippen LogP contribution < -0.4 is 10.0 Å². The second-order valence-corrected chi connectivity index (χ2v) is 12.0. The van der Waals surface area contributed by atoms with Gasteiger partial charge in [0.25, 0.3) is 0 Å². The number of hydrogen-bond acceptors (Lipinski definition) is 6. The number of hydrogen-bond donors (Lipinski definition) is 2. The highest BCUT2D eigenvalue weighted by atomic mass is 32.2. The van der Waals surface area contributed by atoms with Crippen LogP contribution in [0.5, 0.6) is 0 Å². The number of fused-ring (bicyclic) bond motifs is 2. The highest BCUT2D eigenvalue weighted by Gasteiger charge is 2.34. The molecule has 2 N–H and O–H groups in total. The summed E-state index contributed by atoms with van der Waals surface area (Å²) in [7, 11) is -4.05. The SMILES string of the molecule is CCOC(=O)c1c(NC(=O)NS(=O)(=O)N2CCc3ccccc3C2)sc2c1CCC(C)(C)C2. The quantitative estimate of drug-likeness (QED) is 0.618. The highest BCUT2D eigenvalue weighted by Crippen LogP contribution is 2.44. The molecule has 0 bridgehead atoms. The van der Waals surface area contributed by atoms with Gasteiger partial charge >= 0.3 is 22.2 Å². The number of carbonyl (C=O) groups excluding carboxylic acids is 2. The van der Waals surface area contributed by atoms with E-state index < -0.39 is 22.2 Å². The summed E-state index contributed by atoms with van der Waals surface area (Å²) in [4.78, 5) is 26.4. The largest absolute Gasteiger partial charge is 0.462 e. The van der Waals surface area contributed by atoms with Crippen LogP contribution in [0.1, 0.15) is 59.1 Å². The Balaban J connectivity index is 1.52. The van der Waals surface area contributed by atoms with Crippen LogP contribution in [0, 0.1) is 5.41 Å². The molecule has 178 valence electrons. The number of nitrogens with one attached hydrogen (secondary N) is 2. The average Bonchev–Trinajstić information content (AvgIpc) is 3.08. The molecule has 0 saturated carbocycles. The molecule has 10 heteroatoms. The van der Waals surface area contributed by atoms with Crippen molar-refractivity contribution >= 4 is 38.5 Å². The van der Waals surface area contributed by atoms with Crippen molar-refractivity contribution in [2.75, 3.05) is 18.5 Å². The van der Waals surface area contributed by atoms with Crippen LogP contribution in [-0.2, 0) is 40.8 Å². The number of anilines is 1. The first-order chi connectivity index (χ1) is 15.6. The molecule has 0 unspecified atom stereocenters. The zero-order valence-corrected chi connectivity index (χ0v) is 20.7. The highest BCUT2D eigenvalue weighted by molar-refractivity contribution is 7.87. The minimum atomic E-state index is -4.05. The van der Waals surface area contributed by atoms with Crippen molar-refractivity contribution in [2.24, 2.45) is 5.41 Å². The normalized spacial score (nSPS) is 17.5. The first-order valence-corrected chi connectivity index (χ1v) is 13.3. The summed E-state index contributed by atoms with van der Waals surface area (Å²) in [6, 6.07) is 6.78. The maximum Gasteiger partial charge on any atom is 0.341 e. The lowest BCUT2D eigenvalue weighted by Crippen LogP contribution is -2.46. The predicted octanol–water partition coefficient (Wildman–Crippen LogP) is 3.86. The van der Waals surface area contributed by atoms with Gasteiger partial charge < -0.3 is 4.74 Å². The Hall–Kier alpha value is -2.43. The Morgan fingerprint density at radius 2 is 1.91 bits per heavy atom. The van der Waals surface area contributed by atoms with Crippen LogP contribution >= 0.6 is 11.3 Å². The summed E-state index contributed by atoms with van der Waals surface area (Å²) < 4.78 is 34.3. The molecule has 2 aromatic rings. The Morgan fingerprint density at radius 1 is 1.18 bits per heavy atom. The zero-order valence-electron chi connectivity index (χ0n) is 19.1. The topological polar surface area (TPSA) is 105 Å². The molecule has 1 aliphatic heterocycles. The number of benzene rings is 1. The lowest BCUT2D eigenvalue weighted by atomic mass is 9.77. The van der Waals surface area contributed by atoms with E-state index in [-0.39, 0.29) is 25.1 Å². The lowest BCUT2D eigenvalue weighted by molar-refractivity contribution is 0.0526. The molecule has 2 aliphatic rings. The van der Waals surface area contributed by atoms with E-state index in [1.165, 1.54) is 15.6 Å². The molecular weight excluding hydrogens is 462 g/mol. The van der Waals surface area contributed by atoms with E-state index in [0.717, 1.165) is 34.4 Å². The molecule has 1 aliphatic carbocycles. The fourth-order valence-electron chi connectivity index (χ4n) is 4.40. The number of amides is 2. The average molecular weight is 492 g/mol. The van der Waals surface area contributed by atoms with E-state index in [0.29, 0.717) is 23.4 Å². The van der Waals surface area contributed by atoms with Crippen LogP contribution in [-0.4, -0.2) is 37.9 Å². The number of carbonyl (C=O) groups is 2. The van der Waals surface area contributed by atoms with Gasteiger partial charge in [-0.2, -0.15) is 12.7 Å². The van der Waals surface area contributed by atoms with Crippen LogP contribution in [0.2, 0.25) is 0 Å². The van der Waals surface area contributed by atoms with Crippen molar-refractivity contribution in [1.29, 1.82) is 0 Å².